The molecular weight excluding hydrogens is 355 g/mol. The summed E-state index contributed by atoms with van der Waals surface area (Å²) in [5.41, 5.74) is 0.0983. The van der Waals surface area contributed by atoms with Crippen LogP contribution >= 0.6 is 27.5 Å². The van der Waals surface area contributed by atoms with Crippen molar-refractivity contribution >= 4 is 33.2 Å². The van der Waals surface area contributed by atoms with E-state index < -0.39 is 11.7 Å². The Morgan fingerprint density at radius 3 is 2.40 bits per heavy atom. The maximum atomic E-state index is 12.6. The summed E-state index contributed by atoms with van der Waals surface area (Å²) in [6, 6.07) is 3.66. The zero-order valence-electron chi connectivity index (χ0n) is 10.9. The number of halogens is 5. The molecule has 1 aromatic carbocycles. The Kier molecular flexibility index (Phi) is 4.90. The average Bonchev–Trinajstić information content (AvgIpc) is 2.85. The summed E-state index contributed by atoms with van der Waals surface area (Å²) >= 11 is 9.25. The highest BCUT2D eigenvalue weighted by Gasteiger charge is 2.33. The summed E-state index contributed by atoms with van der Waals surface area (Å²) < 4.78 is 38.2. The molecule has 0 saturated heterocycles. The first-order chi connectivity index (χ1) is 9.36. The second kappa shape index (κ2) is 6.14. The third-order valence-electron chi connectivity index (χ3n) is 3.90. The molecule has 1 N–H and O–H groups in total. The van der Waals surface area contributed by atoms with Gasteiger partial charge in [0, 0.05) is 28.0 Å². The van der Waals surface area contributed by atoms with Crippen molar-refractivity contribution < 1.29 is 13.2 Å². The molecule has 0 amide bonds. The van der Waals surface area contributed by atoms with Crippen LogP contribution in [0.2, 0.25) is 0 Å². The van der Waals surface area contributed by atoms with E-state index in [2.05, 4.69) is 21.2 Å². The normalized spacial score (nSPS) is 18.2. The number of alkyl halides is 4. The van der Waals surface area contributed by atoms with Crippen molar-refractivity contribution in [1.82, 2.24) is 0 Å². The lowest BCUT2D eigenvalue weighted by Gasteiger charge is -2.27. The minimum Gasteiger partial charge on any atom is -0.384 e. The van der Waals surface area contributed by atoms with E-state index in [4.69, 9.17) is 11.6 Å². The van der Waals surface area contributed by atoms with Crippen molar-refractivity contribution in [3.8, 4) is 0 Å². The van der Waals surface area contributed by atoms with Crippen LogP contribution in [0.15, 0.2) is 22.7 Å². The molecule has 0 spiro atoms. The fourth-order valence-electron chi connectivity index (χ4n) is 2.60. The Labute approximate surface area is 130 Å². The van der Waals surface area contributed by atoms with Gasteiger partial charge in [-0.25, -0.2) is 0 Å². The fraction of sp³-hybridized carbons (Fsp3) is 0.571. The van der Waals surface area contributed by atoms with Gasteiger partial charge in [0.25, 0.3) is 0 Å². The van der Waals surface area contributed by atoms with E-state index in [1.54, 1.807) is 0 Å². The van der Waals surface area contributed by atoms with Crippen LogP contribution in [0.25, 0.3) is 0 Å². The molecule has 0 unspecified atom stereocenters. The molecule has 0 bridgehead atoms. The van der Waals surface area contributed by atoms with Gasteiger partial charge in [0.1, 0.15) is 0 Å². The molecule has 1 fully saturated rings. The summed E-state index contributed by atoms with van der Waals surface area (Å²) in [4.78, 5) is 0. The summed E-state index contributed by atoms with van der Waals surface area (Å²) in [5, 5.41) is 3.23. The topological polar surface area (TPSA) is 12.0 Å². The van der Waals surface area contributed by atoms with Crippen molar-refractivity contribution in [2.75, 3.05) is 17.7 Å². The Morgan fingerprint density at radius 2 is 1.90 bits per heavy atom. The second-order valence-corrected chi connectivity index (χ2v) is 6.51. The smallest absolute Gasteiger partial charge is 0.384 e. The summed E-state index contributed by atoms with van der Waals surface area (Å²) in [7, 11) is 0. The van der Waals surface area contributed by atoms with Crippen LogP contribution in [0, 0.1) is 5.41 Å². The van der Waals surface area contributed by atoms with Gasteiger partial charge in [-0.05, 0) is 47.0 Å². The average molecular weight is 371 g/mol. The number of rotatable bonds is 4. The van der Waals surface area contributed by atoms with Gasteiger partial charge in [0.05, 0.1) is 5.56 Å². The lowest BCUT2D eigenvalue weighted by Crippen LogP contribution is -2.28. The highest BCUT2D eigenvalue weighted by atomic mass is 79.9. The van der Waals surface area contributed by atoms with Crippen LogP contribution < -0.4 is 5.32 Å². The molecule has 20 heavy (non-hydrogen) atoms. The molecule has 0 aliphatic heterocycles. The predicted molar refractivity (Wildman–Crippen MR) is 79.3 cm³/mol. The van der Waals surface area contributed by atoms with E-state index in [1.165, 1.54) is 18.9 Å². The third-order valence-corrected chi connectivity index (χ3v) is 5.12. The van der Waals surface area contributed by atoms with E-state index in [0.29, 0.717) is 22.6 Å². The van der Waals surface area contributed by atoms with Gasteiger partial charge in [-0.1, -0.05) is 12.8 Å². The first-order valence-corrected chi connectivity index (χ1v) is 7.86. The van der Waals surface area contributed by atoms with Crippen molar-refractivity contribution in [3.63, 3.8) is 0 Å². The van der Waals surface area contributed by atoms with Crippen molar-refractivity contribution in [3.05, 3.63) is 28.2 Å². The standard InChI is InChI=1S/C14H16BrClF3N/c15-11-7-10(14(17,18)19)3-4-12(11)20-9-13(8-16)5-1-2-6-13/h3-4,7,20H,1-2,5-6,8-9H2. The molecule has 1 aliphatic carbocycles. The predicted octanol–water partition coefficient (Wildman–Crippen LogP) is 5.68. The Morgan fingerprint density at radius 1 is 1.25 bits per heavy atom. The number of hydrogen-bond donors (Lipinski definition) is 1. The van der Waals surface area contributed by atoms with E-state index in [-0.39, 0.29) is 5.41 Å². The van der Waals surface area contributed by atoms with E-state index in [0.717, 1.165) is 25.0 Å². The molecule has 0 atom stereocenters. The molecule has 1 saturated carbocycles. The lowest BCUT2D eigenvalue weighted by atomic mass is 9.88. The van der Waals surface area contributed by atoms with Crippen LogP contribution in [-0.2, 0) is 6.18 Å². The van der Waals surface area contributed by atoms with Crippen LogP contribution in [-0.4, -0.2) is 12.4 Å². The summed E-state index contributed by atoms with van der Waals surface area (Å²) in [6.07, 6.45) is 0.165. The molecule has 1 aliphatic rings. The molecule has 2 rings (SSSR count). The maximum absolute atomic E-state index is 12.6. The zero-order chi connectivity index (χ0) is 14.8. The largest absolute Gasteiger partial charge is 0.416 e. The third kappa shape index (κ3) is 3.61. The van der Waals surface area contributed by atoms with Crippen molar-refractivity contribution in [1.29, 1.82) is 0 Å². The fourth-order valence-corrected chi connectivity index (χ4v) is 3.48. The Balaban J connectivity index is 2.07. The van der Waals surface area contributed by atoms with Crippen LogP contribution in [0.3, 0.4) is 0 Å². The molecule has 1 nitrogen and oxygen atoms in total. The second-order valence-electron chi connectivity index (χ2n) is 5.39. The minimum absolute atomic E-state index is 0.0731. The SMILES string of the molecule is FC(F)(F)c1ccc(NCC2(CCl)CCCC2)c(Br)c1. The number of benzene rings is 1. The molecule has 0 heterocycles. The van der Waals surface area contributed by atoms with E-state index in [9.17, 15) is 13.2 Å². The minimum atomic E-state index is -4.32. The van der Waals surface area contributed by atoms with Crippen LogP contribution in [0.4, 0.5) is 18.9 Å². The van der Waals surface area contributed by atoms with E-state index in [1.807, 2.05) is 0 Å². The number of nitrogens with one attached hydrogen (secondary N) is 1. The lowest BCUT2D eigenvalue weighted by molar-refractivity contribution is -0.137. The van der Waals surface area contributed by atoms with Crippen molar-refractivity contribution in [2.45, 2.75) is 31.9 Å². The first kappa shape index (κ1) is 16.0. The van der Waals surface area contributed by atoms with Gasteiger partial charge in [-0.15, -0.1) is 11.6 Å². The van der Waals surface area contributed by atoms with Crippen LogP contribution in [0.5, 0.6) is 0 Å². The van der Waals surface area contributed by atoms with Crippen LogP contribution in [0.1, 0.15) is 31.2 Å². The molecule has 0 aromatic heterocycles. The van der Waals surface area contributed by atoms with Gasteiger partial charge in [-0.3, -0.25) is 0 Å². The maximum Gasteiger partial charge on any atom is 0.416 e. The zero-order valence-corrected chi connectivity index (χ0v) is 13.2. The monoisotopic (exact) mass is 369 g/mol. The van der Waals surface area contributed by atoms with E-state index >= 15 is 0 Å². The van der Waals surface area contributed by atoms with Crippen molar-refractivity contribution in [2.24, 2.45) is 5.41 Å². The molecule has 1 aromatic rings. The first-order valence-electron chi connectivity index (χ1n) is 6.53. The van der Waals surface area contributed by atoms with Gasteiger partial charge >= 0.3 is 6.18 Å². The Hall–Kier alpha value is -0.420. The molecule has 6 heteroatoms. The molecule has 112 valence electrons. The van der Waals surface area contributed by atoms with Gasteiger partial charge < -0.3 is 5.32 Å². The summed E-state index contributed by atoms with van der Waals surface area (Å²) in [6.45, 7) is 0.695. The summed E-state index contributed by atoms with van der Waals surface area (Å²) in [5.74, 6) is 0.582. The number of anilines is 1. The molecular formula is C14H16BrClF3N. The highest BCUT2D eigenvalue weighted by molar-refractivity contribution is 9.10. The Bertz CT molecular complexity index is 470. The van der Waals surface area contributed by atoms with Gasteiger partial charge in [0.2, 0.25) is 0 Å². The van der Waals surface area contributed by atoms with Gasteiger partial charge in [0.15, 0.2) is 0 Å². The number of hydrogen-bond acceptors (Lipinski definition) is 1. The highest BCUT2D eigenvalue weighted by Crippen LogP contribution is 2.40. The molecule has 0 radical (unpaired) electrons. The quantitative estimate of drug-likeness (QED) is 0.672. The van der Waals surface area contributed by atoms with Gasteiger partial charge in [-0.2, -0.15) is 13.2 Å².